The number of nitrogens with two attached hydrogens (primary N) is 1. The van der Waals surface area contributed by atoms with Crippen LogP contribution < -0.4 is 9.32 Å². The Bertz CT molecular complexity index is 438. The van der Waals surface area contributed by atoms with Crippen LogP contribution in [0.4, 0.5) is 13.2 Å². The molecule has 0 bridgehead atoms. The van der Waals surface area contributed by atoms with Gasteiger partial charge in [-0.2, -0.15) is 26.7 Å². The Morgan fingerprint density at radius 2 is 1.60 bits per heavy atom. The minimum atomic E-state index is -4.47. The Morgan fingerprint density at radius 1 is 1.13 bits per heavy atom. The molecule has 0 aliphatic rings. The van der Waals surface area contributed by atoms with Crippen molar-refractivity contribution in [3.8, 4) is 5.75 Å². The molecule has 2 N–H and O–H groups in total. The highest BCUT2D eigenvalue weighted by Crippen LogP contribution is 2.30. The first-order chi connectivity index (χ1) is 6.68. The van der Waals surface area contributed by atoms with Crippen LogP contribution in [-0.2, 0) is 16.5 Å². The van der Waals surface area contributed by atoms with Gasteiger partial charge in [0.1, 0.15) is 5.75 Å². The molecule has 0 aliphatic carbocycles. The summed E-state index contributed by atoms with van der Waals surface area (Å²) in [5.74, 6) is -0.273. The van der Waals surface area contributed by atoms with Gasteiger partial charge < -0.3 is 4.18 Å². The zero-order valence-corrected chi connectivity index (χ0v) is 7.97. The van der Waals surface area contributed by atoms with Crippen molar-refractivity contribution >= 4 is 10.3 Å². The lowest BCUT2D eigenvalue weighted by Gasteiger charge is -2.07. The lowest BCUT2D eigenvalue weighted by atomic mass is 10.2. The lowest BCUT2D eigenvalue weighted by Crippen LogP contribution is -2.19. The summed E-state index contributed by atoms with van der Waals surface area (Å²) in [4.78, 5) is 0. The molecule has 0 fully saturated rings. The second-order valence-electron chi connectivity index (χ2n) is 2.60. The number of halogens is 3. The standard InChI is InChI=1S/C7H6F3NO3S/c8-7(9,10)5-1-3-6(4-2-5)14-15(11,12)13/h1-4H,(H2,11,12,13). The maximum absolute atomic E-state index is 12.1. The van der Waals surface area contributed by atoms with Gasteiger partial charge in [0.05, 0.1) is 5.56 Å². The molecule has 0 spiro atoms. The van der Waals surface area contributed by atoms with Crippen LogP contribution in [0.15, 0.2) is 24.3 Å². The van der Waals surface area contributed by atoms with Crippen LogP contribution in [0.1, 0.15) is 5.56 Å². The molecule has 0 aromatic heterocycles. The van der Waals surface area contributed by atoms with Gasteiger partial charge in [0.25, 0.3) is 0 Å². The molecule has 0 saturated carbocycles. The Morgan fingerprint density at radius 3 is 1.93 bits per heavy atom. The van der Waals surface area contributed by atoms with Gasteiger partial charge in [-0.3, -0.25) is 0 Å². The van der Waals surface area contributed by atoms with Gasteiger partial charge >= 0.3 is 16.5 Å². The molecule has 0 atom stereocenters. The van der Waals surface area contributed by atoms with Crippen LogP contribution in [-0.4, -0.2) is 8.42 Å². The first kappa shape index (κ1) is 11.8. The summed E-state index contributed by atoms with van der Waals surface area (Å²) >= 11 is 0. The second-order valence-corrected chi connectivity index (χ2v) is 3.75. The molecule has 0 saturated heterocycles. The molecule has 0 aliphatic heterocycles. The largest absolute Gasteiger partial charge is 0.416 e. The highest BCUT2D eigenvalue weighted by Gasteiger charge is 2.30. The molecule has 84 valence electrons. The Labute approximate surface area is 83.7 Å². The highest BCUT2D eigenvalue weighted by molar-refractivity contribution is 7.84. The average molecular weight is 241 g/mol. The van der Waals surface area contributed by atoms with Gasteiger partial charge in [-0.1, -0.05) is 0 Å². The molecule has 15 heavy (non-hydrogen) atoms. The normalized spacial score (nSPS) is 12.5. The Balaban J connectivity index is 2.91. The number of alkyl halides is 3. The molecule has 0 radical (unpaired) electrons. The molecule has 0 amide bonds. The van der Waals surface area contributed by atoms with Crippen molar-refractivity contribution in [2.45, 2.75) is 6.18 Å². The Kier molecular flexibility index (Phi) is 2.91. The average Bonchev–Trinajstić information content (AvgIpc) is 2.00. The maximum Gasteiger partial charge on any atom is 0.416 e. The fraction of sp³-hybridized carbons (Fsp3) is 0.143. The van der Waals surface area contributed by atoms with E-state index < -0.39 is 22.0 Å². The van der Waals surface area contributed by atoms with Crippen molar-refractivity contribution in [2.75, 3.05) is 0 Å². The summed E-state index contributed by atoms with van der Waals surface area (Å²) in [6, 6.07) is 3.13. The second kappa shape index (κ2) is 3.70. The summed E-state index contributed by atoms with van der Waals surface area (Å²) in [5, 5.41) is 4.52. The predicted octanol–water partition coefficient (Wildman–Crippen LogP) is 1.29. The van der Waals surface area contributed by atoms with Crippen molar-refractivity contribution in [3.05, 3.63) is 29.8 Å². The first-order valence-electron chi connectivity index (χ1n) is 3.58. The van der Waals surface area contributed by atoms with Crippen LogP contribution in [0.25, 0.3) is 0 Å². The molecular formula is C7H6F3NO3S. The van der Waals surface area contributed by atoms with Gasteiger partial charge in [-0.05, 0) is 24.3 Å². The third kappa shape index (κ3) is 3.76. The highest BCUT2D eigenvalue weighted by atomic mass is 32.2. The summed E-state index contributed by atoms with van der Waals surface area (Å²) < 4.78 is 61.2. The molecule has 1 aromatic rings. The molecule has 0 unspecified atom stereocenters. The number of rotatable bonds is 2. The summed E-state index contributed by atoms with van der Waals surface area (Å²) in [7, 11) is -4.21. The van der Waals surface area contributed by atoms with Crippen molar-refractivity contribution in [2.24, 2.45) is 5.14 Å². The lowest BCUT2D eigenvalue weighted by molar-refractivity contribution is -0.137. The SMILES string of the molecule is NS(=O)(=O)Oc1ccc(C(F)(F)F)cc1. The van der Waals surface area contributed by atoms with E-state index in [0.717, 1.165) is 12.1 Å². The van der Waals surface area contributed by atoms with Crippen LogP contribution in [0.3, 0.4) is 0 Å². The quantitative estimate of drug-likeness (QED) is 0.848. The van der Waals surface area contributed by atoms with Crippen LogP contribution in [0.2, 0.25) is 0 Å². The van der Waals surface area contributed by atoms with E-state index in [1.165, 1.54) is 0 Å². The Hall–Kier alpha value is -1.28. The van der Waals surface area contributed by atoms with E-state index in [1.807, 2.05) is 0 Å². The van der Waals surface area contributed by atoms with E-state index in [2.05, 4.69) is 9.32 Å². The number of hydrogen-bond donors (Lipinski definition) is 1. The zero-order valence-electron chi connectivity index (χ0n) is 7.15. The number of benzene rings is 1. The van der Waals surface area contributed by atoms with Gasteiger partial charge in [-0.25, -0.2) is 0 Å². The van der Waals surface area contributed by atoms with E-state index in [-0.39, 0.29) is 5.75 Å². The fourth-order valence-corrected chi connectivity index (χ4v) is 1.21. The van der Waals surface area contributed by atoms with Crippen molar-refractivity contribution < 1.29 is 25.8 Å². The van der Waals surface area contributed by atoms with Gasteiger partial charge in [0.2, 0.25) is 0 Å². The molecule has 1 aromatic carbocycles. The molecule has 4 nitrogen and oxygen atoms in total. The van der Waals surface area contributed by atoms with E-state index in [9.17, 15) is 21.6 Å². The number of hydrogen-bond acceptors (Lipinski definition) is 3. The van der Waals surface area contributed by atoms with E-state index in [0.29, 0.717) is 12.1 Å². The van der Waals surface area contributed by atoms with Gasteiger partial charge in [0, 0.05) is 0 Å². The van der Waals surface area contributed by atoms with E-state index in [1.54, 1.807) is 0 Å². The monoisotopic (exact) mass is 241 g/mol. The van der Waals surface area contributed by atoms with E-state index >= 15 is 0 Å². The molecular weight excluding hydrogens is 235 g/mol. The minimum Gasteiger partial charge on any atom is -0.371 e. The maximum atomic E-state index is 12.1. The minimum absolute atomic E-state index is 0.273. The summed E-state index contributed by atoms with van der Waals surface area (Å²) in [6.07, 6.45) is -4.47. The van der Waals surface area contributed by atoms with Crippen LogP contribution in [0.5, 0.6) is 5.75 Å². The van der Waals surface area contributed by atoms with Crippen LogP contribution in [0, 0.1) is 0 Å². The zero-order chi connectivity index (χ0) is 11.7. The third-order valence-corrected chi connectivity index (χ3v) is 1.82. The fourth-order valence-electron chi connectivity index (χ4n) is 0.834. The summed E-state index contributed by atoms with van der Waals surface area (Å²) in [6.45, 7) is 0. The van der Waals surface area contributed by atoms with Crippen molar-refractivity contribution in [1.29, 1.82) is 0 Å². The van der Waals surface area contributed by atoms with E-state index in [4.69, 9.17) is 0 Å². The molecule has 1 rings (SSSR count). The predicted molar refractivity (Wildman–Crippen MR) is 45.2 cm³/mol. The third-order valence-electron chi connectivity index (χ3n) is 1.39. The van der Waals surface area contributed by atoms with Crippen LogP contribution >= 0.6 is 0 Å². The summed E-state index contributed by atoms with van der Waals surface area (Å²) in [5.41, 5.74) is -0.899. The van der Waals surface area contributed by atoms with Gasteiger partial charge in [-0.15, -0.1) is 0 Å². The molecule has 8 heteroatoms. The first-order valence-corrected chi connectivity index (χ1v) is 5.05. The molecule has 0 heterocycles. The van der Waals surface area contributed by atoms with Crippen molar-refractivity contribution in [1.82, 2.24) is 0 Å². The van der Waals surface area contributed by atoms with Crippen molar-refractivity contribution in [3.63, 3.8) is 0 Å². The van der Waals surface area contributed by atoms with Gasteiger partial charge in [0.15, 0.2) is 0 Å². The smallest absolute Gasteiger partial charge is 0.371 e. The topological polar surface area (TPSA) is 69.4 Å².